The van der Waals surface area contributed by atoms with Crippen LogP contribution >= 0.6 is 0 Å². The molecule has 0 aromatic rings. The van der Waals surface area contributed by atoms with Gasteiger partial charge in [-0.15, -0.1) is 0 Å². The molecule has 9 N–H and O–H groups in total. The molecule has 2 heterocycles. The van der Waals surface area contributed by atoms with Crippen molar-refractivity contribution in [1.82, 2.24) is 0 Å². The fourth-order valence-electron chi connectivity index (χ4n) is 2.79. The van der Waals surface area contributed by atoms with Crippen molar-refractivity contribution >= 4 is 14.5 Å². The van der Waals surface area contributed by atoms with Crippen molar-refractivity contribution in [3.8, 4) is 0 Å². The molecule has 15 heteroatoms. The Hall–Kier alpha value is -0.162. The van der Waals surface area contributed by atoms with Crippen molar-refractivity contribution in [1.29, 1.82) is 0 Å². The van der Waals surface area contributed by atoms with Gasteiger partial charge in [0.05, 0.1) is 0 Å². The van der Waals surface area contributed by atoms with E-state index >= 15 is 0 Å². The molecule has 0 aromatic heterocycles. The Morgan fingerprint density at radius 1 is 0.926 bits per heavy atom. The molecule has 0 amide bonds. The van der Waals surface area contributed by atoms with E-state index in [-0.39, 0.29) is 0 Å². The number of hydrogen-bond donors (Lipinski definition) is 9. The van der Waals surface area contributed by atoms with E-state index in [0.29, 0.717) is 0 Å². The van der Waals surface area contributed by atoms with Gasteiger partial charge in [-0.05, 0) is 0 Å². The first-order valence-electron chi connectivity index (χ1n) is 7.79. The van der Waals surface area contributed by atoms with E-state index < -0.39 is 89.1 Å². The zero-order valence-corrected chi connectivity index (χ0v) is 15.6. The van der Waals surface area contributed by atoms with Crippen LogP contribution in [0.15, 0.2) is 0 Å². The van der Waals surface area contributed by atoms with Gasteiger partial charge in [0.25, 0.3) is 0 Å². The van der Waals surface area contributed by atoms with Crippen LogP contribution in [0.5, 0.6) is 0 Å². The Balaban J connectivity index is 2.16. The maximum atomic E-state index is 10.8. The van der Waals surface area contributed by atoms with Crippen LogP contribution in [0.1, 0.15) is 0 Å². The third kappa shape index (κ3) is 4.88. The Labute approximate surface area is 155 Å². The van der Waals surface area contributed by atoms with Crippen LogP contribution in [-0.4, -0.2) is 133 Å². The zero-order chi connectivity index (χ0) is 20.6. The summed E-state index contributed by atoms with van der Waals surface area (Å²) in [5.41, 5.74) is 0. The molecular formula is C12H23AsO14. The predicted octanol–water partition coefficient (Wildman–Crippen LogP) is -6.52. The van der Waals surface area contributed by atoms with E-state index in [1.165, 1.54) is 0 Å². The fraction of sp³-hybridized carbons (Fsp3) is 1.00. The van der Waals surface area contributed by atoms with E-state index in [9.17, 15) is 34.4 Å². The molecule has 0 spiro atoms. The van der Waals surface area contributed by atoms with Crippen LogP contribution in [0.4, 0.5) is 0 Å². The van der Waals surface area contributed by atoms with Gasteiger partial charge in [-0.3, -0.25) is 0 Å². The number of aliphatic hydroxyl groups is 7. The van der Waals surface area contributed by atoms with Gasteiger partial charge >= 0.3 is 155 Å². The molecule has 0 aliphatic carbocycles. The minimum atomic E-state index is -5.55. The van der Waals surface area contributed by atoms with Crippen LogP contribution in [0, 0.1) is 0 Å². The summed E-state index contributed by atoms with van der Waals surface area (Å²) in [6.07, 6.45) is -13.9. The van der Waals surface area contributed by atoms with Gasteiger partial charge < -0.3 is 0 Å². The SMILES string of the molecule is O=[As](O)(O)OC[C@H]1O[C@H](O[C@]2(CO)O[C@H](CO)[C@@H](O)[C@@H]2O)[C@H](O)[C@@H](O)[C@@H]1O. The maximum absolute atomic E-state index is 10.8. The van der Waals surface area contributed by atoms with Gasteiger partial charge in [0.1, 0.15) is 0 Å². The average Bonchev–Trinajstić information content (AvgIpc) is 2.85. The predicted molar refractivity (Wildman–Crippen MR) is 78.4 cm³/mol. The third-order valence-corrected chi connectivity index (χ3v) is 5.32. The standard InChI is InChI=1S/C12H23AsO14/c14-1-4-7(17)10(20)12(3-15,26-4)27-11-9(19)8(18)6(16)5(25-11)2-24-13(21,22)23/h4-11,14-20H,1-3H2,(H2,21,22,23)/t4-,5-,6-,7-,8+,9-,10+,11-,12+/m1/s1. The van der Waals surface area contributed by atoms with Crippen LogP contribution in [0.2, 0.25) is 0 Å². The van der Waals surface area contributed by atoms with Gasteiger partial charge in [-0.1, -0.05) is 0 Å². The molecule has 2 aliphatic heterocycles. The first-order valence-corrected chi connectivity index (χ1v) is 11.0. The van der Waals surface area contributed by atoms with E-state index in [1.807, 2.05) is 0 Å². The van der Waals surface area contributed by atoms with Gasteiger partial charge in [0.15, 0.2) is 0 Å². The summed E-state index contributed by atoms with van der Waals surface area (Å²) in [7, 11) is 0. The second kappa shape index (κ2) is 8.69. The molecular weight excluding hydrogens is 443 g/mol. The topological polar surface area (TPSA) is 236 Å². The third-order valence-electron chi connectivity index (χ3n) is 4.30. The molecule has 160 valence electrons. The van der Waals surface area contributed by atoms with Crippen molar-refractivity contribution in [2.24, 2.45) is 0 Å². The van der Waals surface area contributed by atoms with Gasteiger partial charge in [0.2, 0.25) is 0 Å². The Kier molecular flexibility index (Phi) is 7.44. The molecule has 0 aromatic carbocycles. The Morgan fingerprint density at radius 3 is 2.04 bits per heavy atom. The average molecular weight is 466 g/mol. The second-order valence-electron chi connectivity index (χ2n) is 6.16. The molecule has 2 saturated heterocycles. The summed E-state index contributed by atoms with van der Waals surface area (Å²) >= 11 is -5.55. The molecule has 2 rings (SSSR count). The second-order valence-corrected chi connectivity index (χ2v) is 8.76. The Bertz CT molecular complexity index is 542. The first kappa shape index (κ1) is 23.1. The van der Waals surface area contributed by atoms with Crippen molar-refractivity contribution < 1.29 is 65.6 Å². The zero-order valence-electron chi connectivity index (χ0n) is 13.8. The summed E-state index contributed by atoms with van der Waals surface area (Å²) < 4.78 is 48.1. The van der Waals surface area contributed by atoms with Gasteiger partial charge in [-0.2, -0.15) is 0 Å². The molecule has 9 atom stereocenters. The van der Waals surface area contributed by atoms with Gasteiger partial charge in [0, 0.05) is 0 Å². The van der Waals surface area contributed by atoms with Crippen LogP contribution in [-0.2, 0) is 21.7 Å². The summed E-state index contributed by atoms with van der Waals surface area (Å²) in [5.74, 6) is -2.35. The molecule has 0 saturated carbocycles. The van der Waals surface area contributed by atoms with E-state index in [0.717, 1.165) is 0 Å². The monoisotopic (exact) mass is 466 g/mol. The number of ether oxygens (including phenoxy) is 3. The molecule has 27 heavy (non-hydrogen) atoms. The van der Waals surface area contributed by atoms with Crippen molar-refractivity contribution in [3.63, 3.8) is 0 Å². The summed E-state index contributed by atoms with van der Waals surface area (Å²) in [6, 6.07) is 0. The quantitative estimate of drug-likeness (QED) is 0.159. The molecule has 0 unspecified atom stereocenters. The van der Waals surface area contributed by atoms with E-state index in [1.54, 1.807) is 0 Å². The normalized spacial score (nSPS) is 46.0. The molecule has 2 aliphatic rings. The van der Waals surface area contributed by atoms with E-state index in [2.05, 4.69) is 3.73 Å². The molecule has 0 radical (unpaired) electrons. The summed E-state index contributed by atoms with van der Waals surface area (Å²) in [4.78, 5) is 0. The first-order chi connectivity index (χ1) is 12.5. The number of hydrogen-bond acceptors (Lipinski definition) is 12. The fourth-order valence-corrected chi connectivity index (χ4v) is 3.50. The van der Waals surface area contributed by atoms with E-state index in [4.69, 9.17) is 27.5 Å². The van der Waals surface area contributed by atoms with Crippen molar-refractivity contribution in [2.75, 3.05) is 19.8 Å². The number of rotatable bonds is 7. The molecule has 14 nitrogen and oxygen atoms in total. The molecule has 2 fully saturated rings. The Morgan fingerprint density at radius 2 is 1.56 bits per heavy atom. The summed E-state index contributed by atoms with van der Waals surface area (Å²) in [5, 5.41) is 68.4. The molecule has 0 bridgehead atoms. The van der Waals surface area contributed by atoms with Crippen LogP contribution in [0.25, 0.3) is 0 Å². The van der Waals surface area contributed by atoms with Gasteiger partial charge in [-0.25, -0.2) is 0 Å². The van der Waals surface area contributed by atoms with Crippen LogP contribution < -0.4 is 0 Å². The van der Waals surface area contributed by atoms with Crippen LogP contribution in [0.3, 0.4) is 0 Å². The van der Waals surface area contributed by atoms with Crippen molar-refractivity contribution in [3.05, 3.63) is 0 Å². The summed E-state index contributed by atoms with van der Waals surface area (Å²) in [6.45, 7) is -2.66. The van der Waals surface area contributed by atoms with Crippen molar-refractivity contribution in [2.45, 2.75) is 54.8 Å². The number of aliphatic hydroxyl groups excluding tert-OH is 7. The minimum absolute atomic E-state index is 0.737.